The molecule has 2 unspecified atom stereocenters. The molecule has 6 heteroatoms. The summed E-state index contributed by atoms with van der Waals surface area (Å²) in [6, 6.07) is 57.8. The first-order chi connectivity index (χ1) is 38.1. The van der Waals surface area contributed by atoms with E-state index in [0.717, 1.165) is 51.4 Å². The molecule has 6 rings (SSSR count). The van der Waals surface area contributed by atoms with Crippen LogP contribution in [-0.2, 0) is 10.8 Å². The van der Waals surface area contributed by atoms with Crippen LogP contribution in [-0.4, -0.2) is 66.3 Å². The van der Waals surface area contributed by atoms with Gasteiger partial charge in [-0.3, -0.25) is 0 Å². The molecule has 0 aliphatic rings. The Kier molecular flexibility index (Phi) is 26.3. The molecule has 78 heavy (non-hydrogen) atoms. The number of unbranched alkanes of at least 4 members (excludes halogenated alkanes) is 22. The van der Waals surface area contributed by atoms with Crippen molar-refractivity contribution in [2.45, 2.75) is 227 Å². The fraction of sp³-hybridized carbons (Fsp3) is 0.500. The maximum Gasteiger partial charge on any atom is 0.120 e. The van der Waals surface area contributed by atoms with E-state index < -0.39 is 46.4 Å². The van der Waals surface area contributed by atoms with Crippen molar-refractivity contribution in [2.24, 2.45) is 0 Å². The Morgan fingerprint density at radius 3 is 0.603 bits per heavy atom. The molecule has 6 nitrogen and oxygen atoms in total. The van der Waals surface area contributed by atoms with Crippen molar-refractivity contribution in [1.82, 2.24) is 0 Å². The summed E-state index contributed by atoms with van der Waals surface area (Å²) >= 11 is 0. The lowest BCUT2D eigenvalue weighted by molar-refractivity contribution is -0.246. The summed E-state index contributed by atoms with van der Waals surface area (Å²) in [6.45, 7) is 4.49. The number of rotatable bonds is 39. The fourth-order valence-corrected chi connectivity index (χ4v) is 12.8. The molecular weight excluding hydrogens is 961 g/mol. The zero-order chi connectivity index (χ0) is 55.4. The predicted molar refractivity (Wildman–Crippen MR) is 324 cm³/mol. The molecule has 0 amide bonds. The first kappa shape index (κ1) is 62.3. The van der Waals surface area contributed by atoms with Gasteiger partial charge in [-0.15, -0.1) is 0 Å². The molecule has 0 heterocycles. The van der Waals surface area contributed by atoms with E-state index in [2.05, 4.69) is 13.8 Å². The average molecular weight is 1060 g/mol. The zero-order valence-electron chi connectivity index (χ0n) is 47.7. The van der Waals surface area contributed by atoms with E-state index in [9.17, 15) is 30.6 Å². The highest BCUT2D eigenvalue weighted by Gasteiger charge is 2.63. The van der Waals surface area contributed by atoms with Crippen molar-refractivity contribution in [3.8, 4) is 0 Å². The van der Waals surface area contributed by atoms with Crippen LogP contribution in [0.15, 0.2) is 182 Å². The van der Waals surface area contributed by atoms with Gasteiger partial charge in [-0.1, -0.05) is 350 Å². The van der Waals surface area contributed by atoms with Crippen molar-refractivity contribution in [3.05, 3.63) is 215 Å². The first-order valence-electron chi connectivity index (χ1n) is 30.6. The van der Waals surface area contributed by atoms with Gasteiger partial charge in [0.25, 0.3) is 0 Å². The van der Waals surface area contributed by atoms with Gasteiger partial charge < -0.3 is 30.6 Å². The quantitative estimate of drug-likeness (QED) is 0.0169. The van der Waals surface area contributed by atoms with Crippen molar-refractivity contribution >= 4 is 0 Å². The van der Waals surface area contributed by atoms with Gasteiger partial charge in [0, 0.05) is 0 Å². The van der Waals surface area contributed by atoms with E-state index in [4.69, 9.17) is 0 Å². The Hall–Kier alpha value is -4.92. The fourth-order valence-electron chi connectivity index (χ4n) is 12.8. The number of aliphatic hydroxyl groups excluding tert-OH is 4. The highest BCUT2D eigenvalue weighted by atomic mass is 16.4. The largest absolute Gasteiger partial charge is 0.388 e. The minimum Gasteiger partial charge on any atom is -0.388 e. The average Bonchev–Trinajstić information content (AvgIpc) is 3.69. The molecule has 0 aliphatic carbocycles. The van der Waals surface area contributed by atoms with Crippen LogP contribution in [0.4, 0.5) is 0 Å². The van der Waals surface area contributed by atoms with Crippen LogP contribution in [0.1, 0.15) is 214 Å². The monoisotopic (exact) mass is 1060 g/mol. The second-order valence-corrected chi connectivity index (χ2v) is 22.8. The lowest BCUT2D eigenvalue weighted by Gasteiger charge is -2.53. The Labute approximate surface area is 471 Å². The molecule has 0 aromatic heterocycles. The molecule has 6 aromatic rings. The summed E-state index contributed by atoms with van der Waals surface area (Å²) in [5.74, 6) is 0. The maximum absolute atomic E-state index is 14.0. The number of hydrogen-bond donors (Lipinski definition) is 6. The molecule has 422 valence electrons. The lowest BCUT2D eigenvalue weighted by Crippen LogP contribution is -2.70. The summed E-state index contributed by atoms with van der Waals surface area (Å²) in [5, 5.41) is 82.8. The topological polar surface area (TPSA) is 121 Å². The highest BCUT2D eigenvalue weighted by Crippen LogP contribution is 2.51. The highest BCUT2D eigenvalue weighted by molar-refractivity contribution is 5.55. The van der Waals surface area contributed by atoms with Gasteiger partial charge in [-0.05, 0) is 46.2 Å². The third-order valence-electron chi connectivity index (χ3n) is 17.3. The minimum atomic E-state index is -2.46. The second kappa shape index (κ2) is 33.0. The second-order valence-electron chi connectivity index (χ2n) is 22.8. The molecule has 0 fully saturated rings. The van der Waals surface area contributed by atoms with Crippen LogP contribution < -0.4 is 0 Å². The van der Waals surface area contributed by atoms with Gasteiger partial charge in [0.1, 0.15) is 35.6 Å². The first-order valence-corrected chi connectivity index (χ1v) is 30.6. The van der Waals surface area contributed by atoms with Crippen LogP contribution in [0.3, 0.4) is 0 Å². The third-order valence-corrected chi connectivity index (χ3v) is 17.3. The van der Waals surface area contributed by atoms with Crippen molar-refractivity contribution < 1.29 is 30.6 Å². The van der Waals surface area contributed by atoms with Crippen LogP contribution >= 0.6 is 0 Å². The molecule has 6 atom stereocenters. The Morgan fingerprint density at radius 2 is 0.423 bits per heavy atom. The molecule has 6 aromatic carbocycles. The Bertz CT molecular complexity index is 2090. The van der Waals surface area contributed by atoms with E-state index >= 15 is 0 Å². The summed E-state index contributed by atoms with van der Waals surface area (Å²) in [6.07, 6.45) is 18.0. The van der Waals surface area contributed by atoms with E-state index in [1.54, 1.807) is 0 Å². The molecular formula is C72H98O6. The lowest BCUT2D eigenvalue weighted by atomic mass is 9.57. The van der Waals surface area contributed by atoms with Crippen LogP contribution in [0.5, 0.6) is 0 Å². The Balaban J connectivity index is 1.44. The summed E-state index contributed by atoms with van der Waals surface area (Å²) in [4.78, 5) is 0. The van der Waals surface area contributed by atoms with E-state index in [0.29, 0.717) is 46.2 Å². The van der Waals surface area contributed by atoms with Crippen molar-refractivity contribution in [1.29, 1.82) is 0 Å². The molecule has 0 radical (unpaired) electrons. The molecule has 0 aliphatic heterocycles. The van der Waals surface area contributed by atoms with Gasteiger partial charge in [-0.2, -0.15) is 0 Å². The summed E-state index contributed by atoms with van der Waals surface area (Å²) in [5.41, 5.74) is -3.76. The van der Waals surface area contributed by atoms with Crippen molar-refractivity contribution in [3.63, 3.8) is 0 Å². The molecule has 0 saturated heterocycles. The molecule has 0 spiro atoms. The van der Waals surface area contributed by atoms with E-state index in [1.165, 1.54) is 89.9 Å². The normalized spacial score (nSPS) is 15.2. The van der Waals surface area contributed by atoms with E-state index in [1.807, 2.05) is 182 Å². The van der Waals surface area contributed by atoms with Gasteiger partial charge in [0.2, 0.25) is 0 Å². The minimum absolute atomic E-state index is 0.0932. The Morgan fingerprint density at radius 1 is 0.256 bits per heavy atom. The summed E-state index contributed by atoms with van der Waals surface area (Å²) < 4.78 is 0. The predicted octanol–water partition coefficient (Wildman–Crippen LogP) is 16.1. The van der Waals surface area contributed by atoms with Gasteiger partial charge >= 0.3 is 0 Å². The van der Waals surface area contributed by atoms with Crippen LogP contribution in [0, 0.1) is 0 Å². The summed E-state index contributed by atoms with van der Waals surface area (Å²) in [7, 11) is 0. The third kappa shape index (κ3) is 15.7. The van der Waals surface area contributed by atoms with Crippen molar-refractivity contribution in [2.75, 3.05) is 0 Å². The van der Waals surface area contributed by atoms with Crippen LogP contribution in [0.2, 0.25) is 0 Å². The number of benzene rings is 6. The van der Waals surface area contributed by atoms with Crippen LogP contribution in [0.25, 0.3) is 0 Å². The molecule has 0 saturated carbocycles. The number of hydrogen-bond acceptors (Lipinski definition) is 6. The van der Waals surface area contributed by atoms with E-state index in [-0.39, 0.29) is 12.8 Å². The molecule has 6 N–H and O–H groups in total. The van der Waals surface area contributed by atoms with Gasteiger partial charge in [0.15, 0.2) is 0 Å². The van der Waals surface area contributed by atoms with Gasteiger partial charge in [0.05, 0.1) is 10.8 Å². The maximum atomic E-state index is 14.0. The number of aliphatic hydroxyl groups is 6. The standard InChI is InChI=1S/C72H98O6/c1-3-5-7-9-11-13-15-17-19-21-23-43-57-69(77,67(75)71(59-45-31-25-32-46-59,60-47-33-26-34-48-60)61-49-35-27-36-50-61)65(73)66(74)70(78,58-44-24-22-20-18-16-14-12-10-8-6-4-2)68(76)72(62-51-37-28-38-52-62,63-53-39-29-40-54-63)64-55-41-30-42-56-64/h25-42,45-56,65-68,73-78H,3-24,43-44,57-58H2,1-2H3/t65-,66-,67?,68?,69-,70-/m0/s1. The zero-order valence-corrected chi connectivity index (χ0v) is 47.7. The molecule has 0 bridgehead atoms. The SMILES string of the molecule is CCCCCCCCCCCCCC[C@@](O)(C(O)C(c1ccccc1)(c1ccccc1)c1ccccc1)[C@@H](O)[C@H](O)[C@@](O)(CCCCCCCCCCCCCC)C(O)C(c1ccccc1)(c1ccccc1)c1ccccc1. The smallest absolute Gasteiger partial charge is 0.120 e. The van der Waals surface area contributed by atoms with Gasteiger partial charge in [-0.25, -0.2) is 0 Å².